The van der Waals surface area contributed by atoms with Crippen LogP contribution in [0.15, 0.2) is 23.8 Å². The molecule has 0 radical (unpaired) electrons. The van der Waals surface area contributed by atoms with Gasteiger partial charge in [-0.1, -0.05) is 70.8 Å². The van der Waals surface area contributed by atoms with Crippen molar-refractivity contribution in [2.24, 2.45) is 17.8 Å². The number of carbonyl (C=O) groups is 1. The number of esters is 1. The Labute approximate surface area is 204 Å². The van der Waals surface area contributed by atoms with Crippen LogP contribution in [-0.4, -0.2) is 38.7 Å². The Morgan fingerprint density at radius 2 is 1.97 bits per heavy atom. The fourth-order valence-corrected chi connectivity index (χ4v) is 6.42. The molecule has 190 valence electrons. The third kappa shape index (κ3) is 8.36. The second-order valence-corrected chi connectivity index (χ2v) is 16.6. The van der Waals surface area contributed by atoms with E-state index in [0.29, 0.717) is 18.3 Å². The summed E-state index contributed by atoms with van der Waals surface area (Å²) in [7, 11) is -0.394. The molecule has 0 bridgehead atoms. The summed E-state index contributed by atoms with van der Waals surface area (Å²) in [4.78, 5) is 11.3. The minimum Gasteiger partial charge on any atom is -0.469 e. The van der Waals surface area contributed by atoms with Crippen LogP contribution in [0.2, 0.25) is 18.1 Å². The minimum absolute atomic E-state index is 0.117. The average Bonchev–Trinajstić information content (AvgIpc) is 3.24. The number of hydrogen-bond donors (Lipinski definition) is 1. The maximum Gasteiger partial charge on any atom is 0.305 e. The van der Waals surface area contributed by atoms with Crippen molar-refractivity contribution in [2.75, 3.05) is 7.11 Å². The van der Waals surface area contributed by atoms with Gasteiger partial charge in [-0.3, -0.25) is 4.79 Å². The molecule has 1 N–H and O–H groups in total. The number of hydrogen-bond acceptors (Lipinski definition) is 4. The smallest absolute Gasteiger partial charge is 0.305 e. The maximum absolute atomic E-state index is 11.3. The normalized spacial score (nSPS) is 26.5. The second-order valence-electron chi connectivity index (χ2n) is 11.8. The molecule has 0 unspecified atom stereocenters. The van der Waals surface area contributed by atoms with Gasteiger partial charge in [-0.05, 0) is 68.5 Å². The van der Waals surface area contributed by atoms with Gasteiger partial charge >= 0.3 is 5.97 Å². The highest BCUT2D eigenvalue weighted by Gasteiger charge is 2.43. The Hall–Kier alpha value is -0.913. The van der Waals surface area contributed by atoms with Gasteiger partial charge in [-0.15, -0.1) is 0 Å². The summed E-state index contributed by atoms with van der Waals surface area (Å²) in [6, 6.07) is 0. The molecule has 0 heterocycles. The van der Waals surface area contributed by atoms with Gasteiger partial charge < -0.3 is 14.3 Å². The molecule has 0 aromatic rings. The van der Waals surface area contributed by atoms with E-state index in [9.17, 15) is 9.90 Å². The number of methoxy groups -OCH3 is 1. The van der Waals surface area contributed by atoms with Crippen LogP contribution in [0.4, 0.5) is 0 Å². The van der Waals surface area contributed by atoms with Crippen molar-refractivity contribution in [1.29, 1.82) is 0 Å². The first kappa shape index (κ1) is 28.3. The summed E-state index contributed by atoms with van der Waals surface area (Å²) >= 11 is 0. The molecule has 0 aliphatic heterocycles. The number of aliphatic hydroxyl groups excluding tert-OH is 1. The largest absolute Gasteiger partial charge is 0.469 e. The Kier molecular flexibility index (Phi) is 10.9. The third-order valence-corrected chi connectivity index (χ3v) is 12.7. The molecule has 2 aliphatic rings. The van der Waals surface area contributed by atoms with Crippen LogP contribution >= 0.6 is 0 Å². The van der Waals surface area contributed by atoms with E-state index in [4.69, 9.17) is 9.16 Å². The van der Waals surface area contributed by atoms with Crippen molar-refractivity contribution in [3.8, 4) is 0 Å². The molecule has 5 heteroatoms. The zero-order valence-corrected chi connectivity index (χ0v) is 23.4. The van der Waals surface area contributed by atoms with Gasteiger partial charge in [-0.2, -0.15) is 0 Å². The highest BCUT2D eigenvalue weighted by atomic mass is 28.4. The fourth-order valence-electron chi connectivity index (χ4n) is 5.11. The van der Waals surface area contributed by atoms with Crippen molar-refractivity contribution >= 4 is 14.3 Å². The van der Waals surface area contributed by atoms with Crippen molar-refractivity contribution in [3.63, 3.8) is 0 Å². The zero-order valence-electron chi connectivity index (χ0n) is 22.4. The van der Waals surface area contributed by atoms with E-state index < -0.39 is 8.32 Å². The average molecular weight is 479 g/mol. The summed E-state index contributed by atoms with van der Waals surface area (Å²) in [5.74, 6) is 1.10. The molecule has 1 saturated carbocycles. The van der Waals surface area contributed by atoms with Gasteiger partial charge in [0.05, 0.1) is 19.3 Å². The third-order valence-electron chi connectivity index (χ3n) is 8.20. The van der Waals surface area contributed by atoms with Crippen LogP contribution in [0, 0.1) is 17.8 Å². The van der Waals surface area contributed by atoms with Crippen LogP contribution in [0.5, 0.6) is 0 Å². The van der Waals surface area contributed by atoms with Crippen molar-refractivity contribution in [2.45, 2.75) is 122 Å². The molecule has 0 spiro atoms. The highest BCUT2D eigenvalue weighted by molar-refractivity contribution is 6.74. The molecular weight excluding hydrogens is 428 g/mol. The first-order valence-electron chi connectivity index (χ1n) is 13.3. The van der Waals surface area contributed by atoms with Crippen LogP contribution < -0.4 is 0 Å². The van der Waals surface area contributed by atoms with Crippen LogP contribution in [0.25, 0.3) is 0 Å². The quantitative estimate of drug-likeness (QED) is 0.132. The van der Waals surface area contributed by atoms with Gasteiger partial charge in [-0.25, -0.2) is 0 Å². The summed E-state index contributed by atoms with van der Waals surface area (Å²) < 4.78 is 11.5. The van der Waals surface area contributed by atoms with Crippen molar-refractivity contribution in [1.82, 2.24) is 0 Å². The van der Waals surface area contributed by atoms with Gasteiger partial charge in [0.2, 0.25) is 0 Å². The number of carbonyl (C=O) groups excluding carboxylic acids is 1. The fraction of sp³-hybridized carbons (Fsp3) is 0.821. The minimum atomic E-state index is -1.85. The molecule has 0 saturated heterocycles. The van der Waals surface area contributed by atoms with Gasteiger partial charge in [0.1, 0.15) is 0 Å². The molecule has 5 atom stereocenters. The lowest BCUT2D eigenvalue weighted by Gasteiger charge is -2.39. The standard InChI is InChI=1S/C28H50O4Si/c1-8-9-10-14-23(32-33(6,7)28(2,3)4)16-17-24-25-19-21(18-22(25)20-26(24)29)13-11-12-15-27(30)31-5/h16-18,22-26,29H,8-15,19-20H2,1-7H3/b17-16+/t22-,23-,24+,25-,26-/m0/s1. The topological polar surface area (TPSA) is 55.8 Å². The number of ether oxygens (including phenoxy) is 1. The molecular formula is C28H50O4Si. The Balaban J connectivity index is 1.97. The van der Waals surface area contributed by atoms with Crippen LogP contribution in [0.1, 0.15) is 91.9 Å². The van der Waals surface area contributed by atoms with Crippen molar-refractivity contribution < 1.29 is 19.1 Å². The van der Waals surface area contributed by atoms with Crippen LogP contribution in [0.3, 0.4) is 0 Å². The zero-order chi connectivity index (χ0) is 24.6. The van der Waals surface area contributed by atoms with Gasteiger partial charge in [0, 0.05) is 12.3 Å². The molecule has 0 aromatic carbocycles. The first-order chi connectivity index (χ1) is 15.5. The number of aliphatic hydroxyl groups is 1. The van der Waals surface area contributed by atoms with E-state index in [1.807, 2.05) is 0 Å². The van der Waals surface area contributed by atoms with E-state index in [-0.39, 0.29) is 29.1 Å². The van der Waals surface area contributed by atoms with E-state index in [1.165, 1.54) is 31.9 Å². The number of rotatable bonds is 13. The summed E-state index contributed by atoms with van der Waals surface area (Å²) in [5.41, 5.74) is 1.51. The predicted octanol–water partition coefficient (Wildman–Crippen LogP) is 7.19. The number of unbranched alkanes of at least 4 members (excludes halogenated alkanes) is 3. The van der Waals surface area contributed by atoms with Crippen molar-refractivity contribution in [3.05, 3.63) is 23.8 Å². The SMILES string of the molecule is CCCCC[C@@H](/C=C/[C@@H]1[C@H]2CC(CCCCC(=O)OC)=C[C@H]2C[C@@H]1O)O[Si](C)(C)C(C)(C)C. The second kappa shape index (κ2) is 12.7. The Morgan fingerprint density at radius 1 is 1.24 bits per heavy atom. The van der Waals surface area contributed by atoms with E-state index in [1.54, 1.807) is 0 Å². The molecule has 4 nitrogen and oxygen atoms in total. The highest BCUT2D eigenvalue weighted by Crippen LogP contribution is 2.48. The molecule has 2 rings (SSSR count). The maximum atomic E-state index is 11.3. The molecule has 33 heavy (non-hydrogen) atoms. The first-order valence-corrected chi connectivity index (χ1v) is 16.2. The molecule has 0 aromatic heterocycles. The van der Waals surface area contributed by atoms with E-state index >= 15 is 0 Å². The summed E-state index contributed by atoms with van der Waals surface area (Å²) in [5, 5.41) is 11.0. The van der Waals surface area contributed by atoms with E-state index in [0.717, 1.165) is 38.5 Å². The summed E-state index contributed by atoms with van der Waals surface area (Å²) in [6.07, 6.45) is 17.1. The Morgan fingerprint density at radius 3 is 2.61 bits per heavy atom. The van der Waals surface area contributed by atoms with Gasteiger partial charge in [0.15, 0.2) is 8.32 Å². The molecule has 1 fully saturated rings. The molecule has 2 aliphatic carbocycles. The summed E-state index contributed by atoms with van der Waals surface area (Å²) in [6.45, 7) is 13.8. The predicted molar refractivity (Wildman–Crippen MR) is 140 cm³/mol. The Bertz CT molecular complexity index is 676. The lowest BCUT2D eigenvalue weighted by Crippen LogP contribution is -2.43. The lowest BCUT2D eigenvalue weighted by molar-refractivity contribution is -0.140. The monoisotopic (exact) mass is 478 g/mol. The lowest BCUT2D eigenvalue weighted by atomic mass is 9.88. The van der Waals surface area contributed by atoms with E-state index in [2.05, 4.69) is 59.0 Å². The van der Waals surface area contributed by atoms with Gasteiger partial charge in [0.25, 0.3) is 0 Å². The molecule has 0 amide bonds. The number of allylic oxidation sites excluding steroid dienone is 2. The number of fused-ring (bicyclic) bond motifs is 1. The van der Waals surface area contributed by atoms with Crippen LogP contribution in [-0.2, 0) is 14.0 Å².